The number of aliphatic hydroxyl groups excluding tert-OH is 4. The number of aryl methyl sites for hydroxylation is 1. The van der Waals surface area contributed by atoms with E-state index in [1.165, 1.54) is 43.7 Å². The molecule has 2 unspecified atom stereocenters. The van der Waals surface area contributed by atoms with E-state index in [9.17, 15) is 29.4 Å². The highest BCUT2D eigenvalue weighted by Crippen LogP contribution is 2.21. The minimum absolute atomic E-state index is 0.0278. The van der Waals surface area contributed by atoms with Crippen molar-refractivity contribution in [1.29, 1.82) is 0 Å². The third kappa shape index (κ3) is 20.8. The van der Waals surface area contributed by atoms with Crippen molar-refractivity contribution in [3.63, 3.8) is 0 Å². The summed E-state index contributed by atoms with van der Waals surface area (Å²) in [5.74, 6) is -1.86. The van der Waals surface area contributed by atoms with Crippen LogP contribution >= 0.6 is 0 Å². The van der Waals surface area contributed by atoms with Crippen molar-refractivity contribution >= 4 is 29.2 Å². The highest BCUT2D eigenvalue weighted by atomic mass is 17.5. The van der Waals surface area contributed by atoms with Gasteiger partial charge in [-0.25, -0.2) is 9.59 Å². The first-order valence-electron chi connectivity index (χ1n) is 13.6. The number of anilines is 1. The van der Waals surface area contributed by atoms with Gasteiger partial charge in [0.2, 0.25) is 0 Å². The number of aliphatic hydroxyl groups is 4. The van der Waals surface area contributed by atoms with E-state index < -0.39 is 24.4 Å². The largest absolute Gasteiger partial charge is 0.394 e. The van der Waals surface area contributed by atoms with Crippen LogP contribution in [0.5, 0.6) is 0 Å². The Kier molecular flexibility index (Phi) is 24.4. The average molecular weight is 624 g/mol. The predicted molar refractivity (Wildman–Crippen MR) is 162 cm³/mol. The van der Waals surface area contributed by atoms with Gasteiger partial charge in [0.15, 0.2) is 11.6 Å². The van der Waals surface area contributed by atoms with E-state index in [0.717, 1.165) is 5.69 Å². The van der Waals surface area contributed by atoms with E-state index in [1.54, 1.807) is 4.90 Å². The number of hydrogen-bond acceptors (Lipinski definition) is 13. The summed E-state index contributed by atoms with van der Waals surface area (Å²) in [5.41, 5.74) is 2.28. The normalized spacial score (nSPS) is 12.6. The van der Waals surface area contributed by atoms with Crippen LogP contribution in [0.4, 0.5) is 5.69 Å². The van der Waals surface area contributed by atoms with E-state index in [1.807, 2.05) is 45.0 Å². The second kappa shape index (κ2) is 25.5. The highest BCUT2D eigenvalue weighted by molar-refractivity contribution is 6.14. The lowest BCUT2D eigenvalue weighted by molar-refractivity contribution is -0.456. The fraction of sp³-hybridized carbons (Fsp3) is 0.419. The third-order valence-electron chi connectivity index (χ3n) is 4.92. The molecule has 0 amide bonds. The monoisotopic (exact) mass is 623 g/mol. The number of ketones is 2. The van der Waals surface area contributed by atoms with Gasteiger partial charge in [0.25, 0.3) is 0 Å². The lowest BCUT2D eigenvalue weighted by Gasteiger charge is -2.33. The number of allylic oxidation sites excluding steroid dienone is 4. The van der Waals surface area contributed by atoms with Gasteiger partial charge < -0.3 is 30.1 Å². The Morgan fingerprint density at radius 1 is 0.773 bits per heavy atom. The predicted octanol–water partition coefficient (Wildman–Crippen LogP) is 2.57. The highest BCUT2D eigenvalue weighted by Gasteiger charge is 2.20. The quantitative estimate of drug-likeness (QED) is 0.0627. The first kappa shape index (κ1) is 42.2. The summed E-state index contributed by atoms with van der Waals surface area (Å²) in [6.07, 6.45) is 4.90. The van der Waals surface area contributed by atoms with Gasteiger partial charge in [-0.05, 0) is 70.0 Å². The first-order chi connectivity index (χ1) is 20.7. The summed E-state index contributed by atoms with van der Waals surface area (Å²) in [4.78, 5) is 51.5. The Labute approximate surface area is 258 Å². The maximum Gasteiger partial charge on any atom is 0.372 e. The molecule has 0 heterocycles. The molecule has 0 aliphatic heterocycles. The molecule has 0 aromatic heterocycles. The molecule has 1 aliphatic carbocycles. The van der Waals surface area contributed by atoms with E-state index >= 15 is 0 Å². The molecule has 0 saturated heterocycles. The fourth-order valence-electron chi connectivity index (χ4n) is 2.54. The molecule has 4 N–H and O–H groups in total. The molecule has 1 aromatic carbocycles. The number of carbonyl (C=O) groups is 4. The maximum absolute atomic E-state index is 10.6. The first-order valence-corrected chi connectivity index (χ1v) is 13.6. The molecule has 44 heavy (non-hydrogen) atoms. The smallest absolute Gasteiger partial charge is 0.372 e. The summed E-state index contributed by atoms with van der Waals surface area (Å²) in [6, 6.07) is 7.81. The summed E-state index contributed by atoms with van der Waals surface area (Å²) in [5, 5.41) is 39.8. The summed E-state index contributed by atoms with van der Waals surface area (Å²) in [7, 11) is 0. The maximum atomic E-state index is 10.6. The Bertz CT molecular complexity index is 1020. The number of nitrogens with zero attached hydrogens (tertiary/aromatic N) is 1. The van der Waals surface area contributed by atoms with E-state index in [2.05, 4.69) is 32.7 Å². The number of carbonyl (C=O) groups excluding carboxylic acids is 4. The zero-order valence-corrected chi connectivity index (χ0v) is 25.9. The van der Waals surface area contributed by atoms with Crippen molar-refractivity contribution in [1.82, 2.24) is 0 Å². The summed E-state index contributed by atoms with van der Waals surface area (Å²) < 4.78 is 4.63. The molecule has 0 fully saturated rings. The SMILES string of the molecule is C=C(C)C(=O)OOOC(=O)C(=C)C.CCC(O)N(c1ccc(C)cc1)C(O)CC.O=C1C=CC(=O)C=C1.OCCOCCO. The van der Waals surface area contributed by atoms with Crippen LogP contribution in [0.2, 0.25) is 0 Å². The zero-order chi connectivity index (χ0) is 34.1. The number of benzene rings is 1. The van der Waals surface area contributed by atoms with Gasteiger partial charge in [0, 0.05) is 21.9 Å². The molecule has 0 radical (unpaired) electrons. The summed E-state index contributed by atoms with van der Waals surface area (Å²) >= 11 is 0. The molecule has 2 rings (SSSR count). The van der Waals surface area contributed by atoms with Gasteiger partial charge in [0.1, 0.15) is 12.5 Å². The Balaban J connectivity index is 0. The van der Waals surface area contributed by atoms with Crippen LogP contribution in [0, 0.1) is 6.92 Å². The molecular weight excluding hydrogens is 578 g/mol. The second-order valence-corrected chi connectivity index (χ2v) is 8.92. The molecule has 13 nitrogen and oxygen atoms in total. The lowest BCUT2D eigenvalue weighted by Crippen LogP contribution is -2.42. The van der Waals surface area contributed by atoms with Crippen molar-refractivity contribution in [2.45, 2.75) is 59.9 Å². The minimum atomic E-state index is -0.811. The molecule has 246 valence electrons. The summed E-state index contributed by atoms with van der Waals surface area (Å²) in [6.45, 7) is 15.9. The van der Waals surface area contributed by atoms with Crippen molar-refractivity contribution in [3.05, 3.63) is 78.4 Å². The van der Waals surface area contributed by atoms with Crippen LogP contribution in [0.3, 0.4) is 0 Å². The van der Waals surface area contributed by atoms with Crippen LogP contribution in [0.1, 0.15) is 46.1 Å². The molecule has 0 bridgehead atoms. The molecule has 1 aliphatic rings. The Hall–Kier alpha value is -3.98. The van der Waals surface area contributed by atoms with Gasteiger partial charge in [-0.15, -0.1) is 0 Å². The molecule has 13 heteroatoms. The number of ether oxygens (including phenoxy) is 1. The molecular formula is C31H45NO12. The lowest BCUT2D eigenvalue weighted by atomic mass is 10.2. The average Bonchev–Trinajstić information content (AvgIpc) is 3.00. The van der Waals surface area contributed by atoms with E-state index in [-0.39, 0.29) is 35.9 Å². The van der Waals surface area contributed by atoms with Crippen LogP contribution in [0.15, 0.2) is 72.9 Å². The fourth-order valence-corrected chi connectivity index (χ4v) is 2.54. The Morgan fingerprint density at radius 2 is 1.14 bits per heavy atom. The van der Waals surface area contributed by atoms with Gasteiger partial charge in [-0.3, -0.25) is 19.4 Å². The van der Waals surface area contributed by atoms with Gasteiger partial charge in [0.05, 0.1) is 26.4 Å². The van der Waals surface area contributed by atoms with Crippen LogP contribution in [-0.4, -0.2) is 82.8 Å². The Morgan fingerprint density at radius 3 is 1.43 bits per heavy atom. The van der Waals surface area contributed by atoms with Crippen LogP contribution in [0.25, 0.3) is 0 Å². The minimum Gasteiger partial charge on any atom is -0.394 e. The number of hydrogen-bond donors (Lipinski definition) is 4. The molecule has 0 spiro atoms. The van der Waals surface area contributed by atoms with Crippen molar-refractivity contribution in [2.24, 2.45) is 0 Å². The number of rotatable bonds is 13. The van der Waals surface area contributed by atoms with Gasteiger partial charge in [-0.1, -0.05) is 44.7 Å². The second-order valence-electron chi connectivity index (χ2n) is 8.92. The topological polar surface area (TPSA) is 189 Å². The van der Waals surface area contributed by atoms with Gasteiger partial charge >= 0.3 is 11.9 Å². The standard InChI is InChI=1S/C13H21NO2.C8H10O5.C6H4O2.C4H10O3/c1-4-12(15)14(13(16)5-2)11-8-6-10(3)7-9-11;1-5(2)7(9)11-13-12-8(10)6(3)4;7-5-1-2-6(8)4-3-5;5-1-3-7-4-2-6/h6-9,12-13,15-16H,4-5H2,1-3H3;1,3H2,2,4H3;1-4H;5-6H,1-4H2. The van der Waals surface area contributed by atoms with Crippen molar-refractivity contribution in [3.8, 4) is 0 Å². The van der Waals surface area contributed by atoms with E-state index in [0.29, 0.717) is 26.1 Å². The molecule has 2 atom stereocenters. The third-order valence-corrected chi connectivity index (χ3v) is 4.92. The molecule has 0 saturated carbocycles. The van der Waals surface area contributed by atoms with Crippen molar-refractivity contribution < 1.29 is 59.2 Å². The van der Waals surface area contributed by atoms with Crippen LogP contribution < -0.4 is 4.90 Å². The zero-order valence-electron chi connectivity index (χ0n) is 25.9. The van der Waals surface area contributed by atoms with Crippen LogP contribution in [-0.2, 0) is 38.7 Å². The molecule has 1 aromatic rings. The van der Waals surface area contributed by atoms with E-state index in [4.69, 9.17) is 10.2 Å². The van der Waals surface area contributed by atoms with Gasteiger partial charge in [-0.2, -0.15) is 0 Å². The van der Waals surface area contributed by atoms with Crippen molar-refractivity contribution in [2.75, 3.05) is 31.3 Å².